The second-order valence-corrected chi connectivity index (χ2v) is 3.87. The van der Waals surface area contributed by atoms with Crippen LogP contribution in [-0.4, -0.2) is 30.7 Å². The van der Waals surface area contributed by atoms with Crippen molar-refractivity contribution in [3.05, 3.63) is 0 Å². The van der Waals surface area contributed by atoms with Crippen molar-refractivity contribution in [2.45, 2.75) is 45.4 Å². The number of nitrogens with zero attached hydrogens (tertiary/aromatic N) is 1. The van der Waals surface area contributed by atoms with E-state index in [1.54, 1.807) is 4.90 Å². The molecule has 1 aliphatic rings. The van der Waals surface area contributed by atoms with Gasteiger partial charge in [-0.15, -0.1) is 0 Å². The van der Waals surface area contributed by atoms with Crippen LogP contribution in [0.3, 0.4) is 0 Å². The number of hydrogen-bond acceptors (Lipinski definition) is 2. The summed E-state index contributed by atoms with van der Waals surface area (Å²) in [5.74, 6) is 0. The third-order valence-corrected chi connectivity index (χ3v) is 2.43. The van der Waals surface area contributed by atoms with Crippen LogP contribution < -0.4 is 0 Å². The Kier molecular flexibility index (Phi) is 5.42. The zero-order valence-electron chi connectivity index (χ0n) is 9.13. The molecule has 14 heavy (non-hydrogen) atoms. The average molecular weight is 199 g/mol. The molecule has 0 spiro atoms. The van der Waals surface area contributed by atoms with E-state index in [1.807, 2.05) is 0 Å². The maximum Gasteiger partial charge on any atom is 0.409 e. The Labute approximate surface area is 86.4 Å². The highest BCUT2D eigenvalue weighted by Gasteiger charge is 2.24. The summed E-state index contributed by atoms with van der Waals surface area (Å²) in [5, 5.41) is 0. The SMILES string of the molecule is CCCCCCCCOC(=O)N1CC1. The van der Waals surface area contributed by atoms with Gasteiger partial charge in [0.05, 0.1) is 6.61 Å². The summed E-state index contributed by atoms with van der Waals surface area (Å²) >= 11 is 0. The topological polar surface area (TPSA) is 29.3 Å². The highest BCUT2D eigenvalue weighted by molar-refractivity contribution is 5.69. The van der Waals surface area contributed by atoms with Crippen LogP contribution in [0.15, 0.2) is 0 Å². The largest absolute Gasteiger partial charge is 0.449 e. The van der Waals surface area contributed by atoms with Crippen molar-refractivity contribution in [3.63, 3.8) is 0 Å². The van der Waals surface area contributed by atoms with Crippen molar-refractivity contribution < 1.29 is 9.53 Å². The van der Waals surface area contributed by atoms with Crippen LogP contribution in [0.4, 0.5) is 4.79 Å². The first-order valence-corrected chi connectivity index (χ1v) is 5.76. The number of ether oxygens (including phenoxy) is 1. The van der Waals surface area contributed by atoms with Crippen molar-refractivity contribution in [2.75, 3.05) is 19.7 Å². The van der Waals surface area contributed by atoms with Gasteiger partial charge in [0.2, 0.25) is 0 Å². The summed E-state index contributed by atoms with van der Waals surface area (Å²) in [4.78, 5) is 12.7. The second kappa shape index (κ2) is 6.68. The fourth-order valence-corrected chi connectivity index (χ4v) is 1.37. The smallest absolute Gasteiger partial charge is 0.409 e. The molecule has 1 saturated heterocycles. The molecule has 0 aromatic rings. The number of carbonyl (C=O) groups is 1. The lowest BCUT2D eigenvalue weighted by molar-refractivity contribution is 0.129. The molecule has 0 radical (unpaired) electrons. The molecule has 0 N–H and O–H groups in total. The van der Waals surface area contributed by atoms with Gasteiger partial charge in [-0.05, 0) is 6.42 Å². The molecule has 1 aliphatic heterocycles. The van der Waals surface area contributed by atoms with Gasteiger partial charge in [-0.3, -0.25) is 0 Å². The summed E-state index contributed by atoms with van der Waals surface area (Å²) < 4.78 is 5.06. The van der Waals surface area contributed by atoms with Gasteiger partial charge in [0, 0.05) is 13.1 Å². The first-order valence-electron chi connectivity index (χ1n) is 5.76. The van der Waals surface area contributed by atoms with Crippen LogP contribution in [0.1, 0.15) is 45.4 Å². The average Bonchev–Trinajstić information content (AvgIpc) is 2.99. The Bertz CT molecular complexity index is 167. The third-order valence-electron chi connectivity index (χ3n) is 2.43. The van der Waals surface area contributed by atoms with Gasteiger partial charge >= 0.3 is 6.09 Å². The van der Waals surface area contributed by atoms with Crippen molar-refractivity contribution >= 4 is 6.09 Å². The molecule has 0 saturated carbocycles. The molecule has 1 heterocycles. The Morgan fingerprint density at radius 3 is 2.43 bits per heavy atom. The predicted octanol–water partition coefficient (Wildman–Crippen LogP) is 2.80. The summed E-state index contributed by atoms with van der Waals surface area (Å²) in [6, 6.07) is 0. The standard InChI is InChI=1S/C11H21NO2/c1-2-3-4-5-6-7-10-14-11(13)12-8-9-12/h2-10H2,1H3. The van der Waals surface area contributed by atoms with Crippen LogP contribution in [0, 0.1) is 0 Å². The van der Waals surface area contributed by atoms with E-state index in [0.717, 1.165) is 19.5 Å². The third kappa shape index (κ3) is 5.10. The zero-order chi connectivity index (χ0) is 10.2. The minimum Gasteiger partial charge on any atom is -0.449 e. The number of rotatable bonds is 7. The molecule has 0 atom stereocenters. The Morgan fingerprint density at radius 1 is 1.14 bits per heavy atom. The lowest BCUT2D eigenvalue weighted by Crippen LogP contribution is -2.13. The Morgan fingerprint density at radius 2 is 1.79 bits per heavy atom. The van der Waals surface area contributed by atoms with Crippen molar-refractivity contribution in [1.29, 1.82) is 0 Å². The minimum absolute atomic E-state index is 0.126. The summed E-state index contributed by atoms with van der Waals surface area (Å²) in [6.07, 6.45) is 7.28. The van der Waals surface area contributed by atoms with Crippen LogP contribution in [0.25, 0.3) is 0 Å². The Balaban J connectivity index is 1.77. The zero-order valence-corrected chi connectivity index (χ0v) is 9.13. The Hall–Kier alpha value is -0.730. The first kappa shape index (κ1) is 11.3. The van der Waals surface area contributed by atoms with E-state index in [9.17, 15) is 4.79 Å². The lowest BCUT2D eigenvalue weighted by atomic mass is 10.1. The highest BCUT2D eigenvalue weighted by Crippen LogP contribution is 2.08. The van der Waals surface area contributed by atoms with E-state index in [-0.39, 0.29) is 6.09 Å². The molecular weight excluding hydrogens is 178 g/mol. The van der Waals surface area contributed by atoms with Crippen LogP contribution in [0.2, 0.25) is 0 Å². The van der Waals surface area contributed by atoms with Gasteiger partial charge in [-0.25, -0.2) is 4.79 Å². The van der Waals surface area contributed by atoms with Gasteiger partial charge in [0.1, 0.15) is 0 Å². The number of unbranched alkanes of at least 4 members (excludes halogenated alkanes) is 5. The lowest BCUT2D eigenvalue weighted by Gasteiger charge is -2.04. The summed E-state index contributed by atoms with van der Waals surface area (Å²) in [7, 11) is 0. The van der Waals surface area contributed by atoms with Crippen LogP contribution in [-0.2, 0) is 4.74 Å². The molecular formula is C11H21NO2. The molecule has 0 aliphatic carbocycles. The van der Waals surface area contributed by atoms with E-state index in [2.05, 4.69) is 6.92 Å². The molecule has 0 aromatic heterocycles. The number of carbonyl (C=O) groups excluding carboxylic acids is 1. The molecule has 0 unspecified atom stereocenters. The number of amides is 1. The molecule has 0 bridgehead atoms. The molecule has 0 aromatic carbocycles. The van der Waals surface area contributed by atoms with Crippen molar-refractivity contribution in [1.82, 2.24) is 4.90 Å². The highest BCUT2D eigenvalue weighted by atomic mass is 16.6. The van der Waals surface area contributed by atoms with E-state index in [4.69, 9.17) is 4.74 Å². The molecule has 3 nitrogen and oxygen atoms in total. The quantitative estimate of drug-likeness (QED) is 0.466. The molecule has 1 fully saturated rings. The van der Waals surface area contributed by atoms with Crippen molar-refractivity contribution in [3.8, 4) is 0 Å². The maximum absolute atomic E-state index is 11.0. The molecule has 82 valence electrons. The summed E-state index contributed by atoms with van der Waals surface area (Å²) in [6.45, 7) is 4.58. The van der Waals surface area contributed by atoms with Crippen LogP contribution in [0.5, 0.6) is 0 Å². The second-order valence-electron chi connectivity index (χ2n) is 3.87. The van der Waals surface area contributed by atoms with E-state index >= 15 is 0 Å². The maximum atomic E-state index is 11.0. The van der Waals surface area contributed by atoms with E-state index in [0.29, 0.717) is 6.61 Å². The fourth-order valence-electron chi connectivity index (χ4n) is 1.37. The first-order chi connectivity index (χ1) is 6.84. The summed E-state index contributed by atoms with van der Waals surface area (Å²) in [5.41, 5.74) is 0. The molecule has 3 heteroatoms. The molecule has 1 rings (SSSR count). The normalized spacial score (nSPS) is 14.2. The van der Waals surface area contributed by atoms with Gasteiger partial charge < -0.3 is 9.64 Å². The van der Waals surface area contributed by atoms with Crippen molar-refractivity contribution in [2.24, 2.45) is 0 Å². The van der Waals surface area contributed by atoms with Crippen LogP contribution >= 0.6 is 0 Å². The predicted molar refractivity (Wildman–Crippen MR) is 56.3 cm³/mol. The molecule has 1 amide bonds. The fraction of sp³-hybridized carbons (Fsp3) is 0.909. The number of hydrogen-bond donors (Lipinski definition) is 0. The van der Waals surface area contributed by atoms with Gasteiger partial charge in [0.15, 0.2) is 0 Å². The van der Waals surface area contributed by atoms with E-state index in [1.165, 1.54) is 32.1 Å². The van der Waals surface area contributed by atoms with Gasteiger partial charge in [-0.1, -0.05) is 39.0 Å². The monoisotopic (exact) mass is 199 g/mol. The minimum atomic E-state index is -0.126. The van der Waals surface area contributed by atoms with E-state index < -0.39 is 0 Å². The van der Waals surface area contributed by atoms with Gasteiger partial charge in [-0.2, -0.15) is 0 Å². The van der Waals surface area contributed by atoms with Gasteiger partial charge in [0.25, 0.3) is 0 Å².